The van der Waals surface area contributed by atoms with Crippen molar-refractivity contribution in [3.8, 4) is 0 Å². The molecule has 5 heteroatoms. The lowest BCUT2D eigenvalue weighted by molar-refractivity contribution is 0.485. The van der Waals surface area contributed by atoms with E-state index in [1.165, 1.54) is 12.8 Å². The van der Waals surface area contributed by atoms with Crippen molar-refractivity contribution in [2.45, 2.75) is 38.1 Å². The molecule has 0 aromatic carbocycles. The summed E-state index contributed by atoms with van der Waals surface area (Å²) in [7, 11) is 0. The minimum Gasteiger partial charge on any atom is -0.263 e. The summed E-state index contributed by atoms with van der Waals surface area (Å²) in [6.07, 6.45) is 7.18. The molecule has 1 saturated carbocycles. The molecule has 1 fully saturated rings. The summed E-state index contributed by atoms with van der Waals surface area (Å²) in [5.74, 6) is 2.52. The molecular formula is C11H15N5. The molecule has 1 aliphatic rings. The highest BCUT2D eigenvalue weighted by molar-refractivity contribution is 5.07. The van der Waals surface area contributed by atoms with Crippen molar-refractivity contribution in [2.75, 3.05) is 0 Å². The van der Waals surface area contributed by atoms with E-state index >= 15 is 0 Å². The highest BCUT2D eigenvalue weighted by atomic mass is 15.3. The Labute approximate surface area is 93.9 Å². The zero-order valence-corrected chi connectivity index (χ0v) is 9.30. The Morgan fingerprint density at radius 2 is 2.44 bits per heavy atom. The molecule has 0 aliphatic heterocycles. The molecule has 3 rings (SSSR count). The Balaban J connectivity index is 1.87. The summed E-state index contributed by atoms with van der Waals surface area (Å²) in [6.45, 7) is 2.12. The lowest BCUT2D eigenvalue weighted by Gasteiger charge is -2.10. The quantitative estimate of drug-likeness (QED) is 0.850. The number of aromatic amines is 1. The molecule has 0 radical (unpaired) electrons. The topological polar surface area (TPSA) is 59.4 Å². The van der Waals surface area contributed by atoms with Gasteiger partial charge < -0.3 is 0 Å². The summed E-state index contributed by atoms with van der Waals surface area (Å²) < 4.78 is 1.92. The van der Waals surface area contributed by atoms with E-state index in [9.17, 15) is 0 Å². The van der Waals surface area contributed by atoms with Crippen LogP contribution in [0.1, 0.15) is 49.8 Å². The van der Waals surface area contributed by atoms with Gasteiger partial charge in [0.2, 0.25) is 0 Å². The van der Waals surface area contributed by atoms with Crippen LogP contribution in [0.3, 0.4) is 0 Å². The Hall–Kier alpha value is -1.65. The Morgan fingerprint density at radius 3 is 3.06 bits per heavy atom. The lowest BCUT2D eigenvalue weighted by atomic mass is 10.2. The molecule has 1 unspecified atom stereocenters. The van der Waals surface area contributed by atoms with Crippen LogP contribution < -0.4 is 0 Å². The minimum absolute atomic E-state index is 0.152. The van der Waals surface area contributed by atoms with Gasteiger partial charge in [-0.25, -0.2) is 4.98 Å². The molecular weight excluding hydrogens is 202 g/mol. The monoisotopic (exact) mass is 217 g/mol. The zero-order valence-electron chi connectivity index (χ0n) is 9.30. The smallest absolute Gasteiger partial charge is 0.175 e. The van der Waals surface area contributed by atoms with Gasteiger partial charge in [0.05, 0.1) is 0 Å². The highest BCUT2D eigenvalue weighted by Crippen LogP contribution is 2.38. The van der Waals surface area contributed by atoms with Crippen LogP contribution in [0.25, 0.3) is 0 Å². The third-order valence-corrected chi connectivity index (χ3v) is 3.01. The fraction of sp³-hybridized carbons (Fsp3) is 0.545. The molecule has 16 heavy (non-hydrogen) atoms. The van der Waals surface area contributed by atoms with E-state index < -0.39 is 0 Å². The average molecular weight is 217 g/mol. The molecule has 1 aliphatic carbocycles. The van der Waals surface area contributed by atoms with E-state index in [1.807, 2.05) is 16.9 Å². The van der Waals surface area contributed by atoms with E-state index in [0.717, 1.165) is 18.1 Å². The Kier molecular flexibility index (Phi) is 2.23. The molecule has 2 heterocycles. The van der Waals surface area contributed by atoms with E-state index in [4.69, 9.17) is 0 Å². The van der Waals surface area contributed by atoms with Crippen LogP contribution in [0.5, 0.6) is 0 Å². The third-order valence-electron chi connectivity index (χ3n) is 3.01. The van der Waals surface area contributed by atoms with Gasteiger partial charge in [0.15, 0.2) is 5.82 Å². The molecule has 84 valence electrons. The molecule has 1 N–H and O–H groups in total. The molecule has 0 bridgehead atoms. The molecule has 0 saturated heterocycles. The molecule has 5 nitrogen and oxygen atoms in total. The summed E-state index contributed by atoms with van der Waals surface area (Å²) in [5.41, 5.74) is 0. The normalized spacial score (nSPS) is 17.6. The summed E-state index contributed by atoms with van der Waals surface area (Å²) >= 11 is 0. The van der Waals surface area contributed by atoms with Crippen LogP contribution in [0, 0.1) is 0 Å². The standard InChI is InChI=1S/C11H15N5/c1-2-9(16-7-3-6-12-16)11-13-10(14-15-11)8-4-5-8/h3,6-9H,2,4-5H2,1H3,(H,13,14,15). The fourth-order valence-electron chi connectivity index (χ4n) is 1.93. The molecule has 0 amide bonds. The predicted octanol–water partition coefficient (Wildman–Crippen LogP) is 1.88. The summed E-state index contributed by atoms with van der Waals surface area (Å²) in [4.78, 5) is 4.57. The second-order valence-corrected chi connectivity index (χ2v) is 4.26. The van der Waals surface area contributed by atoms with Gasteiger partial charge in [-0.05, 0) is 25.3 Å². The minimum atomic E-state index is 0.152. The average Bonchev–Trinajstić information content (AvgIpc) is 2.82. The van der Waals surface area contributed by atoms with Crippen LogP contribution in [0.2, 0.25) is 0 Å². The molecule has 1 atom stereocenters. The van der Waals surface area contributed by atoms with Crippen LogP contribution in [0.4, 0.5) is 0 Å². The van der Waals surface area contributed by atoms with Crippen LogP contribution in [0.15, 0.2) is 18.5 Å². The first-order valence-electron chi connectivity index (χ1n) is 5.79. The van der Waals surface area contributed by atoms with Gasteiger partial charge in [0, 0.05) is 18.3 Å². The number of hydrogen-bond donors (Lipinski definition) is 1. The zero-order chi connectivity index (χ0) is 11.0. The van der Waals surface area contributed by atoms with Crippen molar-refractivity contribution in [1.82, 2.24) is 25.0 Å². The van der Waals surface area contributed by atoms with Crippen LogP contribution in [-0.2, 0) is 0 Å². The largest absolute Gasteiger partial charge is 0.263 e. The molecule has 2 aromatic rings. The first-order valence-corrected chi connectivity index (χ1v) is 5.79. The molecule has 2 aromatic heterocycles. The van der Waals surface area contributed by atoms with Gasteiger partial charge in [-0.3, -0.25) is 9.78 Å². The lowest BCUT2D eigenvalue weighted by Crippen LogP contribution is -2.11. The van der Waals surface area contributed by atoms with E-state index in [0.29, 0.717) is 5.92 Å². The SMILES string of the molecule is CCC(c1n[nH]c(C2CC2)n1)n1cccn1. The molecule has 0 spiro atoms. The van der Waals surface area contributed by atoms with E-state index in [1.54, 1.807) is 6.20 Å². The van der Waals surface area contributed by atoms with Gasteiger partial charge >= 0.3 is 0 Å². The van der Waals surface area contributed by atoms with E-state index in [2.05, 4.69) is 27.2 Å². The second kappa shape index (κ2) is 3.73. The van der Waals surface area contributed by atoms with Crippen molar-refractivity contribution in [3.05, 3.63) is 30.1 Å². The van der Waals surface area contributed by atoms with Gasteiger partial charge in [-0.15, -0.1) is 0 Å². The summed E-state index contributed by atoms with van der Waals surface area (Å²) in [5, 5.41) is 11.6. The van der Waals surface area contributed by atoms with Crippen molar-refractivity contribution in [3.63, 3.8) is 0 Å². The fourth-order valence-corrected chi connectivity index (χ4v) is 1.93. The number of H-pyrrole nitrogens is 1. The first-order chi connectivity index (χ1) is 7.88. The van der Waals surface area contributed by atoms with Gasteiger partial charge in [-0.2, -0.15) is 10.2 Å². The maximum atomic E-state index is 4.57. The summed E-state index contributed by atoms with van der Waals surface area (Å²) in [6, 6.07) is 2.08. The maximum absolute atomic E-state index is 4.57. The Bertz CT molecular complexity index is 454. The van der Waals surface area contributed by atoms with Crippen molar-refractivity contribution < 1.29 is 0 Å². The van der Waals surface area contributed by atoms with Crippen LogP contribution >= 0.6 is 0 Å². The number of rotatable bonds is 4. The van der Waals surface area contributed by atoms with Gasteiger partial charge in [0.25, 0.3) is 0 Å². The van der Waals surface area contributed by atoms with Crippen LogP contribution in [-0.4, -0.2) is 25.0 Å². The third kappa shape index (κ3) is 1.62. The van der Waals surface area contributed by atoms with Crippen molar-refractivity contribution in [2.24, 2.45) is 0 Å². The number of aromatic nitrogens is 5. The first kappa shape index (κ1) is 9.57. The maximum Gasteiger partial charge on any atom is 0.175 e. The second-order valence-electron chi connectivity index (χ2n) is 4.26. The number of hydrogen-bond acceptors (Lipinski definition) is 3. The Morgan fingerprint density at radius 1 is 1.56 bits per heavy atom. The van der Waals surface area contributed by atoms with E-state index in [-0.39, 0.29) is 6.04 Å². The van der Waals surface area contributed by atoms with Gasteiger partial charge in [-0.1, -0.05) is 6.92 Å². The van der Waals surface area contributed by atoms with Crippen molar-refractivity contribution in [1.29, 1.82) is 0 Å². The number of nitrogens with zero attached hydrogens (tertiary/aromatic N) is 4. The number of nitrogens with one attached hydrogen (secondary N) is 1. The highest BCUT2D eigenvalue weighted by Gasteiger charge is 2.28. The van der Waals surface area contributed by atoms with Gasteiger partial charge in [0.1, 0.15) is 11.9 Å². The predicted molar refractivity (Wildman–Crippen MR) is 59.0 cm³/mol. The van der Waals surface area contributed by atoms with Crippen molar-refractivity contribution >= 4 is 0 Å².